The predicted molar refractivity (Wildman–Crippen MR) is 58.0 cm³/mol. The molecule has 0 atom stereocenters. The number of unbranched alkanes of at least 4 members (excludes halogenated alkanes) is 2. The van der Waals surface area contributed by atoms with E-state index in [-0.39, 0.29) is 0 Å². The fraction of sp³-hybridized carbons (Fsp3) is 1.00. The zero-order valence-electron chi connectivity index (χ0n) is 9.26. The summed E-state index contributed by atoms with van der Waals surface area (Å²) >= 11 is 0. The molecule has 0 aliphatic rings. The van der Waals surface area contributed by atoms with Gasteiger partial charge in [0.15, 0.2) is 0 Å². The first-order valence-electron chi connectivity index (χ1n) is 5.68. The quantitative estimate of drug-likeness (QED) is 0.598. The van der Waals surface area contributed by atoms with Crippen molar-refractivity contribution in [2.75, 3.05) is 26.2 Å². The van der Waals surface area contributed by atoms with Crippen LogP contribution in [0.25, 0.3) is 0 Å². The first-order valence-corrected chi connectivity index (χ1v) is 5.68. The SMILES string of the molecule is CCCCN(CCCC)CCCO. The van der Waals surface area contributed by atoms with E-state index in [1.165, 1.54) is 38.8 Å². The van der Waals surface area contributed by atoms with Crippen molar-refractivity contribution in [1.82, 2.24) is 4.90 Å². The van der Waals surface area contributed by atoms with E-state index in [1.807, 2.05) is 0 Å². The minimum absolute atomic E-state index is 0.328. The van der Waals surface area contributed by atoms with Gasteiger partial charge in [-0.05, 0) is 32.4 Å². The molecule has 0 aliphatic heterocycles. The molecule has 0 radical (unpaired) electrons. The Kier molecular flexibility index (Phi) is 9.94. The van der Waals surface area contributed by atoms with Gasteiger partial charge in [-0.1, -0.05) is 26.7 Å². The van der Waals surface area contributed by atoms with Crippen molar-refractivity contribution in [1.29, 1.82) is 0 Å². The van der Waals surface area contributed by atoms with E-state index in [2.05, 4.69) is 18.7 Å². The average molecular weight is 187 g/mol. The van der Waals surface area contributed by atoms with Gasteiger partial charge >= 0.3 is 0 Å². The number of rotatable bonds is 9. The minimum atomic E-state index is 0.328. The van der Waals surface area contributed by atoms with Crippen molar-refractivity contribution in [2.24, 2.45) is 0 Å². The zero-order chi connectivity index (χ0) is 9.94. The van der Waals surface area contributed by atoms with Gasteiger partial charge in [-0.2, -0.15) is 0 Å². The van der Waals surface area contributed by atoms with Crippen molar-refractivity contribution < 1.29 is 5.11 Å². The maximum Gasteiger partial charge on any atom is 0.0443 e. The highest BCUT2D eigenvalue weighted by Crippen LogP contribution is 1.99. The molecule has 0 spiro atoms. The van der Waals surface area contributed by atoms with Crippen LogP contribution in [0, 0.1) is 0 Å². The average Bonchev–Trinajstić information content (AvgIpc) is 2.17. The molecule has 1 N–H and O–H groups in total. The molecule has 0 heterocycles. The van der Waals surface area contributed by atoms with E-state index in [9.17, 15) is 0 Å². The zero-order valence-corrected chi connectivity index (χ0v) is 9.26. The van der Waals surface area contributed by atoms with Crippen LogP contribution in [-0.4, -0.2) is 36.2 Å². The third-order valence-corrected chi connectivity index (χ3v) is 2.29. The van der Waals surface area contributed by atoms with Crippen LogP contribution >= 0.6 is 0 Å². The number of hydrogen-bond acceptors (Lipinski definition) is 2. The largest absolute Gasteiger partial charge is 0.396 e. The van der Waals surface area contributed by atoms with E-state index in [0.29, 0.717) is 6.61 Å². The van der Waals surface area contributed by atoms with E-state index in [0.717, 1.165) is 13.0 Å². The molecule has 0 aromatic rings. The van der Waals surface area contributed by atoms with Gasteiger partial charge in [0.25, 0.3) is 0 Å². The highest BCUT2D eigenvalue weighted by atomic mass is 16.3. The first kappa shape index (κ1) is 12.9. The summed E-state index contributed by atoms with van der Waals surface area (Å²) in [7, 11) is 0. The Morgan fingerprint density at radius 1 is 0.846 bits per heavy atom. The fourth-order valence-electron chi connectivity index (χ4n) is 1.39. The lowest BCUT2D eigenvalue weighted by Gasteiger charge is -2.21. The number of hydrogen-bond donors (Lipinski definition) is 1. The molecule has 0 fully saturated rings. The second kappa shape index (κ2) is 10.0. The summed E-state index contributed by atoms with van der Waals surface area (Å²) in [4.78, 5) is 2.48. The highest BCUT2D eigenvalue weighted by Gasteiger charge is 2.02. The Morgan fingerprint density at radius 3 is 1.69 bits per heavy atom. The number of aliphatic hydroxyl groups excluding tert-OH is 1. The summed E-state index contributed by atoms with van der Waals surface area (Å²) in [6.07, 6.45) is 6.03. The Bertz CT molecular complexity index is 77.1. The van der Waals surface area contributed by atoms with Gasteiger partial charge in [-0.15, -0.1) is 0 Å². The lowest BCUT2D eigenvalue weighted by molar-refractivity contribution is 0.219. The van der Waals surface area contributed by atoms with Crippen LogP contribution in [0.2, 0.25) is 0 Å². The Balaban J connectivity index is 3.47. The topological polar surface area (TPSA) is 23.5 Å². The first-order chi connectivity index (χ1) is 6.35. The molecule has 2 heteroatoms. The molecule has 13 heavy (non-hydrogen) atoms. The highest BCUT2D eigenvalue weighted by molar-refractivity contribution is 4.57. The Labute approximate surface area is 82.9 Å². The second-order valence-electron chi connectivity index (χ2n) is 3.63. The van der Waals surface area contributed by atoms with Crippen LogP contribution in [0.3, 0.4) is 0 Å². The normalized spacial score (nSPS) is 11.1. The summed E-state index contributed by atoms with van der Waals surface area (Å²) in [5.74, 6) is 0. The van der Waals surface area contributed by atoms with Crippen molar-refractivity contribution >= 4 is 0 Å². The van der Waals surface area contributed by atoms with Crippen LogP contribution < -0.4 is 0 Å². The van der Waals surface area contributed by atoms with Gasteiger partial charge in [0.05, 0.1) is 0 Å². The molecule has 0 aliphatic carbocycles. The summed E-state index contributed by atoms with van der Waals surface area (Å²) in [6.45, 7) is 8.26. The molecule has 0 aromatic carbocycles. The molecular weight excluding hydrogens is 162 g/mol. The van der Waals surface area contributed by atoms with Crippen molar-refractivity contribution in [3.05, 3.63) is 0 Å². The summed E-state index contributed by atoms with van der Waals surface area (Å²) in [5.41, 5.74) is 0. The minimum Gasteiger partial charge on any atom is -0.396 e. The van der Waals surface area contributed by atoms with Gasteiger partial charge in [0.2, 0.25) is 0 Å². The van der Waals surface area contributed by atoms with Crippen LogP contribution in [-0.2, 0) is 0 Å². The smallest absolute Gasteiger partial charge is 0.0443 e. The molecule has 0 bridgehead atoms. The van der Waals surface area contributed by atoms with E-state index >= 15 is 0 Å². The van der Waals surface area contributed by atoms with Gasteiger partial charge in [-0.25, -0.2) is 0 Å². The summed E-state index contributed by atoms with van der Waals surface area (Å²) in [5, 5.41) is 8.74. The van der Waals surface area contributed by atoms with Crippen LogP contribution in [0.15, 0.2) is 0 Å². The van der Waals surface area contributed by atoms with Crippen molar-refractivity contribution in [3.63, 3.8) is 0 Å². The van der Waals surface area contributed by atoms with Gasteiger partial charge in [0.1, 0.15) is 0 Å². The Morgan fingerprint density at radius 2 is 1.31 bits per heavy atom. The lowest BCUT2D eigenvalue weighted by Crippen LogP contribution is -2.27. The van der Waals surface area contributed by atoms with E-state index in [4.69, 9.17) is 5.11 Å². The maximum atomic E-state index is 8.74. The third kappa shape index (κ3) is 8.26. The molecule has 0 amide bonds. The lowest BCUT2D eigenvalue weighted by atomic mass is 10.2. The standard InChI is InChI=1S/C11H25NO/c1-3-5-8-12(9-6-4-2)10-7-11-13/h13H,3-11H2,1-2H3. The predicted octanol–water partition coefficient (Wildman–Crippen LogP) is 2.27. The number of aliphatic hydroxyl groups is 1. The molecule has 80 valence electrons. The molecule has 2 nitrogen and oxygen atoms in total. The van der Waals surface area contributed by atoms with Crippen molar-refractivity contribution in [2.45, 2.75) is 46.0 Å². The van der Waals surface area contributed by atoms with Gasteiger partial charge in [0, 0.05) is 13.2 Å². The van der Waals surface area contributed by atoms with E-state index in [1.54, 1.807) is 0 Å². The van der Waals surface area contributed by atoms with Crippen LogP contribution in [0.5, 0.6) is 0 Å². The van der Waals surface area contributed by atoms with Crippen molar-refractivity contribution in [3.8, 4) is 0 Å². The fourth-order valence-corrected chi connectivity index (χ4v) is 1.39. The summed E-state index contributed by atoms with van der Waals surface area (Å²) in [6, 6.07) is 0. The molecule has 0 unspecified atom stereocenters. The van der Waals surface area contributed by atoms with E-state index < -0.39 is 0 Å². The molecular formula is C11H25NO. The van der Waals surface area contributed by atoms with Gasteiger partial charge in [-0.3, -0.25) is 0 Å². The third-order valence-electron chi connectivity index (χ3n) is 2.29. The molecule has 0 saturated carbocycles. The molecule has 0 saturated heterocycles. The summed E-state index contributed by atoms with van der Waals surface area (Å²) < 4.78 is 0. The molecule has 0 aromatic heterocycles. The van der Waals surface area contributed by atoms with Gasteiger partial charge < -0.3 is 10.0 Å². The van der Waals surface area contributed by atoms with Crippen LogP contribution in [0.1, 0.15) is 46.0 Å². The second-order valence-corrected chi connectivity index (χ2v) is 3.63. The Hall–Kier alpha value is -0.0800. The van der Waals surface area contributed by atoms with Crippen LogP contribution in [0.4, 0.5) is 0 Å². The maximum absolute atomic E-state index is 8.74. The molecule has 0 rings (SSSR count). The number of nitrogens with zero attached hydrogens (tertiary/aromatic N) is 1. The monoisotopic (exact) mass is 187 g/mol.